The van der Waals surface area contributed by atoms with E-state index in [2.05, 4.69) is 11.1 Å². The molecule has 0 unspecified atom stereocenters. The third kappa shape index (κ3) is 2.60. The Balaban J connectivity index is 2.47. The van der Waals surface area contributed by atoms with Crippen LogP contribution in [0.1, 0.15) is 31.9 Å². The number of ketones is 1. The molecule has 5 heteroatoms. The van der Waals surface area contributed by atoms with Crippen molar-refractivity contribution >= 4 is 23.0 Å². The molecule has 1 aliphatic heterocycles. The second-order valence-corrected chi connectivity index (χ2v) is 7.28. The maximum atomic E-state index is 12.7. The molecule has 0 fully saturated rings. The fourth-order valence-corrected chi connectivity index (χ4v) is 3.81. The molecule has 0 atom stereocenters. The number of aryl methyl sites for hydroxylation is 1. The van der Waals surface area contributed by atoms with Crippen molar-refractivity contribution in [3.8, 4) is 22.9 Å². The number of halogens is 1. The summed E-state index contributed by atoms with van der Waals surface area (Å²) >= 11 is 6.74. The smallest absolute Gasteiger partial charge is 0.186 e. The van der Waals surface area contributed by atoms with Gasteiger partial charge in [-0.25, -0.2) is 0 Å². The number of Topliss-reactive ketones (excluding diaryl/α,β-unsaturated/α-hetero) is 1. The highest BCUT2D eigenvalue weighted by atomic mass is 35.5. The van der Waals surface area contributed by atoms with Gasteiger partial charge in [0.25, 0.3) is 0 Å². The van der Waals surface area contributed by atoms with E-state index in [1.807, 2.05) is 32.9 Å². The zero-order valence-corrected chi connectivity index (χ0v) is 16.2. The predicted octanol–water partition coefficient (Wildman–Crippen LogP) is 3.35. The SMILES string of the molecule is COc1c(C#N)cccc1-c1cc(C)c2c(c1Cl)=C(C)C(=O)C(C)(C)N=2. The lowest BCUT2D eigenvalue weighted by atomic mass is 9.88. The van der Waals surface area contributed by atoms with Crippen molar-refractivity contribution < 1.29 is 9.53 Å². The van der Waals surface area contributed by atoms with Crippen LogP contribution in [0.5, 0.6) is 5.75 Å². The Kier molecular flexibility index (Phi) is 4.37. The van der Waals surface area contributed by atoms with E-state index in [-0.39, 0.29) is 5.78 Å². The number of hydrogen-bond donors (Lipinski definition) is 0. The summed E-state index contributed by atoms with van der Waals surface area (Å²) < 4.78 is 5.46. The normalized spacial score (nSPS) is 15.1. The molecule has 2 aromatic carbocycles. The van der Waals surface area contributed by atoms with Gasteiger partial charge in [0.15, 0.2) is 5.78 Å². The average molecular weight is 367 g/mol. The number of benzene rings is 2. The molecule has 0 radical (unpaired) electrons. The van der Waals surface area contributed by atoms with Crippen molar-refractivity contribution in [3.63, 3.8) is 0 Å². The first kappa shape index (κ1) is 18.2. The van der Waals surface area contributed by atoms with Crippen molar-refractivity contribution in [2.75, 3.05) is 7.11 Å². The first-order chi connectivity index (χ1) is 12.2. The van der Waals surface area contributed by atoms with Crippen LogP contribution in [-0.4, -0.2) is 18.4 Å². The number of fused-ring (bicyclic) bond motifs is 1. The number of para-hydroxylation sites is 1. The Labute approximate surface area is 157 Å². The largest absolute Gasteiger partial charge is 0.495 e. The van der Waals surface area contributed by atoms with Gasteiger partial charge in [0.1, 0.15) is 17.4 Å². The minimum atomic E-state index is -0.800. The van der Waals surface area contributed by atoms with Gasteiger partial charge in [-0.1, -0.05) is 23.7 Å². The number of nitriles is 1. The number of carbonyl (C=O) groups excluding carboxylic acids is 1. The van der Waals surface area contributed by atoms with Crippen molar-refractivity contribution in [3.05, 3.63) is 51.0 Å². The number of carbonyl (C=O) groups is 1. The van der Waals surface area contributed by atoms with Crippen LogP contribution >= 0.6 is 11.6 Å². The first-order valence-corrected chi connectivity index (χ1v) is 8.63. The average Bonchev–Trinajstić information content (AvgIpc) is 2.61. The second-order valence-electron chi connectivity index (χ2n) is 6.90. The van der Waals surface area contributed by atoms with E-state index in [1.54, 1.807) is 19.1 Å². The van der Waals surface area contributed by atoms with E-state index in [0.717, 1.165) is 16.5 Å². The highest BCUT2D eigenvalue weighted by Gasteiger charge is 2.32. The summed E-state index contributed by atoms with van der Waals surface area (Å²) in [6.45, 7) is 7.35. The zero-order chi connectivity index (χ0) is 19.2. The van der Waals surface area contributed by atoms with Crippen LogP contribution in [-0.2, 0) is 4.79 Å². The summed E-state index contributed by atoms with van der Waals surface area (Å²) in [4.78, 5) is 17.3. The molecule has 0 saturated carbocycles. The molecule has 0 amide bonds. The molecule has 2 aromatic rings. The summed E-state index contributed by atoms with van der Waals surface area (Å²) in [5.41, 5.74) is 2.59. The third-order valence-corrected chi connectivity index (χ3v) is 5.11. The van der Waals surface area contributed by atoms with Crippen LogP contribution in [0.3, 0.4) is 0 Å². The van der Waals surface area contributed by atoms with Gasteiger partial charge in [0.05, 0.1) is 23.1 Å². The van der Waals surface area contributed by atoms with Crippen molar-refractivity contribution in [2.45, 2.75) is 33.2 Å². The molecule has 1 aliphatic rings. The lowest BCUT2D eigenvalue weighted by Gasteiger charge is -2.24. The maximum Gasteiger partial charge on any atom is 0.186 e. The Morgan fingerprint density at radius 1 is 1.23 bits per heavy atom. The summed E-state index contributed by atoms with van der Waals surface area (Å²) in [6.07, 6.45) is 0. The van der Waals surface area contributed by atoms with Gasteiger partial charge in [-0.2, -0.15) is 5.26 Å². The van der Waals surface area contributed by atoms with Gasteiger partial charge >= 0.3 is 0 Å². The maximum absolute atomic E-state index is 12.7. The fourth-order valence-electron chi connectivity index (χ4n) is 3.43. The molecule has 0 bridgehead atoms. The lowest BCUT2D eigenvalue weighted by molar-refractivity contribution is -0.117. The van der Waals surface area contributed by atoms with Crippen LogP contribution in [0.25, 0.3) is 16.7 Å². The highest BCUT2D eigenvalue weighted by Crippen LogP contribution is 2.36. The Morgan fingerprint density at radius 2 is 1.92 bits per heavy atom. The van der Waals surface area contributed by atoms with Crippen molar-refractivity contribution in [1.29, 1.82) is 5.26 Å². The van der Waals surface area contributed by atoms with Crippen LogP contribution in [0, 0.1) is 18.3 Å². The lowest BCUT2D eigenvalue weighted by Crippen LogP contribution is -2.46. The predicted molar refractivity (Wildman–Crippen MR) is 102 cm³/mol. The summed E-state index contributed by atoms with van der Waals surface area (Å²) in [7, 11) is 1.53. The van der Waals surface area contributed by atoms with Crippen molar-refractivity contribution in [1.82, 2.24) is 0 Å². The topological polar surface area (TPSA) is 62.4 Å². The van der Waals surface area contributed by atoms with Crippen LogP contribution < -0.4 is 15.3 Å². The molecule has 0 saturated heterocycles. The molecule has 1 heterocycles. The van der Waals surface area contributed by atoms with Gasteiger partial charge in [0, 0.05) is 21.9 Å². The summed E-state index contributed by atoms with van der Waals surface area (Å²) in [5.74, 6) is 0.425. The molecule has 26 heavy (non-hydrogen) atoms. The molecule has 0 aliphatic carbocycles. The van der Waals surface area contributed by atoms with Gasteiger partial charge in [-0.3, -0.25) is 9.79 Å². The molecular formula is C21H19ClN2O2. The number of hydrogen-bond acceptors (Lipinski definition) is 4. The first-order valence-electron chi connectivity index (χ1n) is 8.25. The Morgan fingerprint density at radius 3 is 2.54 bits per heavy atom. The molecule has 4 nitrogen and oxygen atoms in total. The Hall–Kier alpha value is -2.64. The van der Waals surface area contributed by atoms with E-state index in [0.29, 0.717) is 32.7 Å². The van der Waals surface area contributed by atoms with E-state index in [1.165, 1.54) is 7.11 Å². The van der Waals surface area contributed by atoms with Crippen LogP contribution in [0.4, 0.5) is 0 Å². The molecule has 0 aromatic heterocycles. The monoisotopic (exact) mass is 366 g/mol. The van der Waals surface area contributed by atoms with Gasteiger partial charge in [-0.05, 0) is 45.4 Å². The van der Waals surface area contributed by atoms with E-state index < -0.39 is 5.54 Å². The quantitative estimate of drug-likeness (QED) is 0.818. The molecule has 0 spiro atoms. The van der Waals surface area contributed by atoms with Crippen LogP contribution in [0.15, 0.2) is 29.3 Å². The molecule has 0 N–H and O–H groups in total. The van der Waals surface area contributed by atoms with Gasteiger partial charge < -0.3 is 4.74 Å². The number of methoxy groups -OCH3 is 1. The summed E-state index contributed by atoms with van der Waals surface area (Å²) in [6, 6.07) is 9.41. The standard InChI is InChI=1S/C21H19ClN2O2/c1-11-9-15(14-8-6-7-13(10-23)19(14)26-5)17(22)16-12(2)20(25)21(3,4)24-18(11)16/h6-9H,1-5H3. The second kappa shape index (κ2) is 6.26. The van der Waals surface area contributed by atoms with Gasteiger partial charge in [0.2, 0.25) is 0 Å². The van der Waals surface area contributed by atoms with E-state index in [4.69, 9.17) is 16.3 Å². The minimum absolute atomic E-state index is 0.0406. The zero-order valence-electron chi connectivity index (χ0n) is 15.4. The Bertz CT molecular complexity index is 1110. The third-order valence-electron chi connectivity index (χ3n) is 4.72. The molecule has 132 valence electrons. The van der Waals surface area contributed by atoms with Crippen LogP contribution in [0.2, 0.25) is 5.02 Å². The van der Waals surface area contributed by atoms with E-state index >= 15 is 0 Å². The number of rotatable bonds is 2. The fraction of sp³-hybridized carbons (Fsp3) is 0.286. The number of nitrogens with zero attached hydrogens (tertiary/aromatic N) is 2. The molecular weight excluding hydrogens is 348 g/mol. The number of ether oxygens (including phenoxy) is 1. The molecule has 3 rings (SSSR count). The van der Waals surface area contributed by atoms with Crippen molar-refractivity contribution in [2.24, 2.45) is 4.99 Å². The van der Waals surface area contributed by atoms with E-state index in [9.17, 15) is 10.1 Å². The summed E-state index contributed by atoms with van der Waals surface area (Å²) in [5, 5.41) is 11.2. The highest BCUT2D eigenvalue weighted by molar-refractivity contribution is 6.34. The van der Waals surface area contributed by atoms with Gasteiger partial charge in [-0.15, -0.1) is 0 Å². The minimum Gasteiger partial charge on any atom is -0.495 e.